The van der Waals surface area contributed by atoms with E-state index in [-0.39, 0.29) is 17.3 Å². The Labute approximate surface area is 165 Å². The fraction of sp³-hybridized carbons (Fsp3) is 0.368. The molecule has 1 saturated heterocycles. The van der Waals surface area contributed by atoms with Crippen molar-refractivity contribution in [3.8, 4) is 0 Å². The normalized spacial score (nSPS) is 14.5. The van der Waals surface area contributed by atoms with Gasteiger partial charge in [-0.1, -0.05) is 30.3 Å². The van der Waals surface area contributed by atoms with Crippen LogP contribution in [0, 0.1) is 0 Å². The van der Waals surface area contributed by atoms with Crippen LogP contribution in [-0.4, -0.2) is 51.2 Å². The molecule has 1 amide bonds. The van der Waals surface area contributed by atoms with E-state index in [4.69, 9.17) is 0 Å². The van der Waals surface area contributed by atoms with Crippen molar-refractivity contribution in [2.45, 2.75) is 13.5 Å². The van der Waals surface area contributed by atoms with E-state index < -0.39 is 10.0 Å². The molecule has 0 radical (unpaired) electrons. The van der Waals surface area contributed by atoms with Crippen molar-refractivity contribution < 1.29 is 13.2 Å². The van der Waals surface area contributed by atoms with Crippen LogP contribution >= 0.6 is 0 Å². The summed E-state index contributed by atoms with van der Waals surface area (Å²) in [5, 5.41) is 6.17. The topological polar surface area (TPSA) is 103 Å². The molecule has 0 aliphatic carbocycles. The molecule has 9 heteroatoms. The predicted molar refractivity (Wildman–Crippen MR) is 110 cm³/mol. The SMILES string of the molecule is CCS(=O)(=O)Nc1cnc(N2CCNCC2)c(C(=O)NCc2ccccc2)c1. The van der Waals surface area contributed by atoms with Crippen LogP contribution in [0.3, 0.4) is 0 Å². The Morgan fingerprint density at radius 2 is 1.93 bits per heavy atom. The van der Waals surface area contributed by atoms with Crippen LogP contribution in [0.25, 0.3) is 0 Å². The Balaban J connectivity index is 1.86. The maximum Gasteiger partial charge on any atom is 0.255 e. The highest BCUT2D eigenvalue weighted by molar-refractivity contribution is 7.92. The number of benzene rings is 1. The van der Waals surface area contributed by atoms with E-state index in [0.717, 1.165) is 31.7 Å². The quantitative estimate of drug-likeness (QED) is 0.642. The van der Waals surface area contributed by atoms with Crippen LogP contribution in [-0.2, 0) is 16.6 Å². The minimum absolute atomic E-state index is 0.0535. The number of nitrogens with zero attached hydrogens (tertiary/aromatic N) is 2. The fourth-order valence-corrected chi connectivity index (χ4v) is 3.55. The Morgan fingerprint density at radius 1 is 1.21 bits per heavy atom. The molecule has 1 aromatic heterocycles. The number of nitrogens with one attached hydrogen (secondary N) is 3. The molecule has 3 rings (SSSR count). The van der Waals surface area contributed by atoms with Gasteiger partial charge >= 0.3 is 0 Å². The highest BCUT2D eigenvalue weighted by Gasteiger charge is 2.21. The highest BCUT2D eigenvalue weighted by atomic mass is 32.2. The number of sulfonamides is 1. The number of carbonyl (C=O) groups is 1. The number of pyridine rings is 1. The second-order valence-corrected chi connectivity index (χ2v) is 8.52. The molecule has 0 spiro atoms. The molecule has 1 aliphatic rings. The van der Waals surface area contributed by atoms with Gasteiger partial charge in [0.2, 0.25) is 10.0 Å². The third kappa shape index (κ3) is 5.20. The number of rotatable bonds is 7. The lowest BCUT2D eigenvalue weighted by molar-refractivity contribution is 0.0951. The maximum absolute atomic E-state index is 12.9. The Bertz CT molecular complexity index is 912. The van der Waals surface area contributed by atoms with Gasteiger partial charge in [-0.3, -0.25) is 9.52 Å². The van der Waals surface area contributed by atoms with Gasteiger partial charge in [0.05, 0.1) is 23.2 Å². The summed E-state index contributed by atoms with van der Waals surface area (Å²) < 4.78 is 26.2. The lowest BCUT2D eigenvalue weighted by atomic mass is 10.1. The molecule has 150 valence electrons. The Hall–Kier alpha value is -2.65. The molecule has 1 fully saturated rings. The summed E-state index contributed by atoms with van der Waals surface area (Å²) in [6.07, 6.45) is 1.46. The van der Waals surface area contributed by atoms with Gasteiger partial charge < -0.3 is 15.5 Å². The van der Waals surface area contributed by atoms with Crippen molar-refractivity contribution in [1.82, 2.24) is 15.6 Å². The summed E-state index contributed by atoms with van der Waals surface area (Å²) in [7, 11) is -3.45. The molecular formula is C19H25N5O3S. The zero-order valence-electron chi connectivity index (χ0n) is 15.8. The molecule has 8 nitrogen and oxygen atoms in total. The van der Waals surface area contributed by atoms with Crippen LogP contribution in [0.4, 0.5) is 11.5 Å². The number of hydrogen-bond acceptors (Lipinski definition) is 6. The predicted octanol–water partition coefficient (Wildman–Crippen LogP) is 1.18. The second-order valence-electron chi connectivity index (χ2n) is 6.51. The average Bonchev–Trinajstić information content (AvgIpc) is 2.73. The van der Waals surface area contributed by atoms with E-state index in [1.54, 1.807) is 13.0 Å². The van der Waals surface area contributed by atoms with E-state index >= 15 is 0 Å². The van der Waals surface area contributed by atoms with Crippen LogP contribution in [0.15, 0.2) is 42.6 Å². The molecule has 2 heterocycles. The lowest BCUT2D eigenvalue weighted by Crippen LogP contribution is -2.44. The standard InChI is InChI=1S/C19H25N5O3S/c1-2-28(26,27)23-16-12-17(18(21-14-16)24-10-8-20-9-11-24)19(25)22-13-15-6-4-3-5-7-15/h3-7,12,14,20,23H,2,8-11,13H2,1H3,(H,22,25). The maximum atomic E-state index is 12.9. The Morgan fingerprint density at radius 3 is 2.61 bits per heavy atom. The van der Waals surface area contributed by atoms with Crippen LogP contribution in [0.1, 0.15) is 22.8 Å². The summed E-state index contributed by atoms with van der Waals surface area (Å²) in [6, 6.07) is 11.2. The van der Waals surface area contributed by atoms with Crippen molar-refractivity contribution in [2.24, 2.45) is 0 Å². The first-order chi connectivity index (χ1) is 13.5. The third-order valence-electron chi connectivity index (χ3n) is 4.48. The van der Waals surface area contributed by atoms with Crippen LogP contribution < -0.4 is 20.3 Å². The van der Waals surface area contributed by atoms with E-state index in [2.05, 4.69) is 20.3 Å². The van der Waals surface area contributed by atoms with Crippen molar-refractivity contribution in [3.63, 3.8) is 0 Å². The van der Waals surface area contributed by atoms with E-state index in [9.17, 15) is 13.2 Å². The van der Waals surface area contributed by atoms with Gasteiger partial charge in [0, 0.05) is 32.7 Å². The van der Waals surface area contributed by atoms with E-state index in [0.29, 0.717) is 17.9 Å². The van der Waals surface area contributed by atoms with Crippen LogP contribution in [0.5, 0.6) is 0 Å². The largest absolute Gasteiger partial charge is 0.353 e. The van der Waals surface area contributed by atoms with Gasteiger partial charge in [0.15, 0.2) is 0 Å². The number of carbonyl (C=O) groups excluding carboxylic acids is 1. The van der Waals surface area contributed by atoms with Crippen molar-refractivity contribution >= 4 is 27.4 Å². The van der Waals surface area contributed by atoms with Crippen molar-refractivity contribution in [3.05, 3.63) is 53.7 Å². The van der Waals surface area contributed by atoms with Gasteiger partial charge in [-0.25, -0.2) is 13.4 Å². The molecule has 1 aliphatic heterocycles. The number of amides is 1. The first kappa shape index (κ1) is 20.1. The summed E-state index contributed by atoms with van der Waals surface area (Å²) in [5.41, 5.74) is 1.62. The average molecular weight is 404 g/mol. The molecule has 0 atom stereocenters. The van der Waals surface area contributed by atoms with Gasteiger partial charge in [0.1, 0.15) is 5.82 Å². The third-order valence-corrected chi connectivity index (χ3v) is 5.78. The minimum Gasteiger partial charge on any atom is -0.353 e. The number of hydrogen-bond donors (Lipinski definition) is 3. The molecule has 0 bridgehead atoms. The highest BCUT2D eigenvalue weighted by Crippen LogP contribution is 2.23. The lowest BCUT2D eigenvalue weighted by Gasteiger charge is -2.30. The molecule has 3 N–H and O–H groups in total. The zero-order chi connectivity index (χ0) is 20.0. The number of anilines is 2. The van der Waals surface area contributed by atoms with E-state index in [1.165, 1.54) is 6.20 Å². The molecule has 1 aromatic carbocycles. The summed E-state index contributed by atoms with van der Waals surface area (Å²) in [4.78, 5) is 19.3. The minimum atomic E-state index is -3.45. The molecule has 28 heavy (non-hydrogen) atoms. The molecular weight excluding hydrogens is 378 g/mol. The van der Waals surface area contributed by atoms with Gasteiger partial charge in [-0.15, -0.1) is 0 Å². The summed E-state index contributed by atoms with van der Waals surface area (Å²) in [6.45, 7) is 5.00. The monoisotopic (exact) mass is 403 g/mol. The molecule has 2 aromatic rings. The summed E-state index contributed by atoms with van der Waals surface area (Å²) >= 11 is 0. The van der Waals surface area contributed by atoms with Crippen molar-refractivity contribution in [1.29, 1.82) is 0 Å². The van der Waals surface area contributed by atoms with Gasteiger partial charge in [-0.2, -0.15) is 0 Å². The van der Waals surface area contributed by atoms with Gasteiger partial charge in [0.25, 0.3) is 5.91 Å². The van der Waals surface area contributed by atoms with Crippen LogP contribution in [0.2, 0.25) is 0 Å². The second kappa shape index (κ2) is 9.03. The first-order valence-electron chi connectivity index (χ1n) is 9.27. The number of aromatic nitrogens is 1. The molecule has 0 saturated carbocycles. The first-order valence-corrected chi connectivity index (χ1v) is 10.9. The van der Waals surface area contributed by atoms with E-state index in [1.807, 2.05) is 35.2 Å². The Kier molecular flexibility index (Phi) is 6.48. The van der Waals surface area contributed by atoms with Gasteiger partial charge in [-0.05, 0) is 18.6 Å². The molecule has 0 unspecified atom stereocenters. The number of piperazine rings is 1. The summed E-state index contributed by atoms with van der Waals surface area (Å²) in [5.74, 6) is 0.219. The van der Waals surface area contributed by atoms with Crippen molar-refractivity contribution in [2.75, 3.05) is 41.6 Å². The fourth-order valence-electron chi connectivity index (χ4n) is 2.93. The zero-order valence-corrected chi connectivity index (χ0v) is 16.6. The smallest absolute Gasteiger partial charge is 0.255 e.